The van der Waals surface area contributed by atoms with E-state index in [9.17, 15) is 4.39 Å². The van der Waals surface area contributed by atoms with Gasteiger partial charge in [-0.25, -0.2) is 14.4 Å². The molecule has 5 aromatic rings. The summed E-state index contributed by atoms with van der Waals surface area (Å²) in [5.74, 6) is 1.49. The fraction of sp³-hybridized carbons (Fsp3) is 0.167. The van der Waals surface area contributed by atoms with Gasteiger partial charge in [0.05, 0.1) is 23.3 Å². The van der Waals surface area contributed by atoms with Crippen LogP contribution in [0.2, 0.25) is 0 Å². The molecule has 6 rings (SSSR count). The first-order valence-electron chi connectivity index (χ1n) is 10.00. The molecule has 4 nitrogen and oxygen atoms in total. The van der Waals surface area contributed by atoms with E-state index in [0.717, 1.165) is 46.3 Å². The van der Waals surface area contributed by atoms with E-state index < -0.39 is 0 Å². The molecule has 0 amide bonds. The molecule has 2 aromatic carbocycles. The minimum absolute atomic E-state index is 0.242. The van der Waals surface area contributed by atoms with Gasteiger partial charge in [-0.15, -0.1) is 11.3 Å². The summed E-state index contributed by atoms with van der Waals surface area (Å²) in [5, 5.41) is 1.21. The number of hydrogen-bond donors (Lipinski definition) is 2. The molecular formula is C24H19FN4S. The number of nitrogens with one attached hydrogen (secondary N) is 2. The van der Waals surface area contributed by atoms with Gasteiger partial charge in [-0.05, 0) is 61.4 Å². The summed E-state index contributed by atoms with van der Waals surface area (Å²) < 4.78 is 16.2. The fourth-order valence-electron chi connectivity index (χ4n) is 4.42. The summed E-state index contributed by atoms with van der Waals surface area (Å²) in [7, 11) is 0. The van der Waals surface area contributed by atoms with E-state index in [1.165, 1.54) is 21.2 Å². The normalized spacial score (nSPS) is 12.9. The van der Waals surface area contributed by atoms with E-state index in [0.29, 0.717) is 11.3 Å². The molecule has 0 radical (unpaired) electrons. The first kappa shape index (κ1) is 17.6. The lowest BCUT2D eigenvalue weighted by Crippen LogP contribution is -2.03. The lowest BCUT2D eigenvalue weighted by atomic mass is 9.91. The van der Waals surface area contributed by atoms with Crippen molar-refractivity contribution in [3.63, 3.8) is 0 Å². The molecule has 0 saturated carbocycles. The van der Waals surface area contributed by atoms with Gasteiger partial charge < -0.3 is 9.97 Å². The predicted molar refractivity (Wildman–Crippen MR) is 119 cm³/mol. The van der Waals surface area contributed by atoms with Crippen LogP contribution in [0, 0.1) is 19.7 Å². The minimum atomic E-state index is -0.242. The Morgan fingerprint density at radius 2 is 1.83 bits per heavy atom. The zero-order chi connectivity index (χ0) is 20.4. The number of hydrogen-bond acceptors (Lipinski definition) is 3. The van der Waals surface area contributed by atoms with Crippen molar-refractivity contribution in [3.05, 3.63) is 71.3 Å². The second kappa shape index (κ2) is 6.37. The molecule has 0 saturated heterocycles. The van der Waals surface area contributed by atoms with Crippen LogP contribution in [0.4, 0.5) is 4.39 Å². The third kappa shape index (κ3) is 2.64. The monoisotopic (exact) mass is 414 g/mol. The van der Waals surface area contributed by atoms with Gasteiger partial charge in [-0.1, -0.05) is 18.2 Å². The average Bonchev–Trinajstić information content (AvgIpc) is 3.44. The second-order valence-electron chi connectivity index (χ2n) is 7.84. The molecule has 30 heavy (non-hydrogen) atoms. The lowest BCUT2D eigenvalue weighted by molar-refractivity contribution is 0.631. The highest BCUT2D eigenvalue weighted by Gasteiger charge is 2.22. The first-order valence-corrected chi connectivity index (χ1v) is 10.8. The Labute approximate surface area is 176 Å². The van der Waals surface area contributed by atoms with Crippen LogP contribution in [0.25, 0.3) is 43.0 Å². The van der Waals surface area contributed by atoms with Crippen molar-refractivity contribution in [1.29, 1.82) is 0 Å². The topological polar surface area (TPSA) is 57.4 Å². The summed E-state index contributed by atoms with van der Waals surface area (Å²) >= 11 is 1.74. The van der Waals surface area contributed by atoms with Crippen LogP contribution in [0.1, 0.15) is 22.9 Å². The molecule has 0 bridgehead atoms. The van der Waals surface area contributed by atoms with Crippen LogP contribution in [0.3, 0.4) is 0 Å². The summed E-state index contributed by atoms with van der Waals surface area (Å²) in [5.41, 5.74) is 7.06. The summed E-state index contributed by atoms with van der Waals surface area (Å²) in [6.07, 6.45) is 3.60. The number of nitrogens with zero attached hydrogens (tertiary/aromatic N) is 2. The molecule has 3 aromatic heterocycles. The van der Waals surface area contributed by atoms with Gasteiger partial charge in [0.15, 0.2) is 0 Å². The maximum atomic E-state index is 14.9. The third-order valence-corrected chi connectivity index (χ3v) is 7.07. The Balaban J connectivity index is 1.45. The number of aromatic nitrogens is 4. The summed E-state index contributed by atoms with van der Waals surface area (Å²) in [4.78, 5) is 16.4. The number of imidazole rings is 2. The Kier molecular flexibility index (Phi) is 3.74. The molecule has 1 aliphatic carbocycles. The molecule has 0 atom stereocenters. The van der Waals surface area contributed by atoms with Crippen molar-refractivity contribution in [2.24, 2.45) is 0 Å². The smallest absolute Gasteiger partial charge is 0.133 e. The standard InChI is InChI=1S/C24H19FN4S/c1-12-26-11-21(27-12)18-6-3-14(9-19(18)25)22-10-15-4-5-16-17(24(15)30-22)7-8-20-23(16)29-13(2)28-20/h3-6,9-11H,7-8H2,1-2H3,(H,26,27)(H,28,29). The highest BCUT2D eigenvalue weighted by Crippen LogP contribution is 2.42. The molecule has 0 unspecified atom stereocenters. The number of aryl methyl sites for hydroxylation is 4. The average molecular weight is 415 g/mol. The fourth-order valence-corrected chi connectivity index (χ4v) is 5.65. The highest BCUT2D eigenvalue weighted by atomic mass is 32.1. The molecule has 0 fully saturated rings. The van der Waals surface area contributed by atoms with E-state index >= 15 is 0 Å². The van der Waals surface area contributed by atoms with Crippen molar-refractivity contribution in [3.8, 4) is 33.0 Å². The van der Waals surface area contributed by atoms with Crippen molar-refractivity contribution in [1.82, 2.24) is 19.9 Å². The van der Waals surface area contributed by atoms with Gasteiger partial charge in [-0.2, -0.15) is 0 Å². The molecule has 2 N–H and O–H groups in total. The zero-order valence-electron chi connectivity index (χ0n) is 16.6. The van der Waals surface area contributed by atoms with E-state index in [2.05, 4.69) is 38.1 Å². The Morgan fingerprint density at radius 3 is 2.63 bits per heavy atom. The molecule has 3 heterocycles. The Morgan fingerprint density at radius 1 is 0.967 bits per heavy atom. The predicted octanol–water partition coefficient (Wildman–Crippen LogP) is 6.20. The maximum absolute atomic E-state index is 14.9. The number of halogens is 1. The quantitative estimate of drug-likeness (QED) is 0.361. The van der Waals surface area contributed by atoms with E-state index in [1.54, 1.807) is 23.6 Å². The molecule has 1 aliphatic rings. The van der Waals surface area contributed by atoms with Crippen molar-refractivity contribution in [2.45, 2.75) is 26.7 Å². The van der Waals surface area contributed by atoms with Gasteiger partial charge in [-0.3, -0.25) is 0 Å². The van der Waals surface area contributed by atoms with Gasteiger partial charge in [0, 0.05) is 20.7 Å². The molecule has 6 heteroatoms. The highest BCUT2D eigenvalue weighted by molar-refractivity contribution is 7.22. The Bertz CT molecular complexity index is 1440. The third-order valence-electron chi connectivity index (χ3n) is 5.81. The van der Waals surface area contributed by atoms with E-state index in [-0.39, 0.29) is 5.82 Å². The van der Waals surface area contributed by atoms with E-state index in [1.807, 2.05) is 26.0 Å². The van der Waals surface area contributed by atoms with Gasteiger partial charge in [0.25, 0.3) is 0 Å². The lowest BCUT2D eigenvalue weighted by Gasteiger charge is -2.15. The molecular weight excluding hydrogens is 395 g/mol. The van der Waals surface area contributed by atoms with Crippen molar-refractivity contribution in [2.75, 3.05) is 0 Å². The molecule has 148 valence electrons. The number of aromatic amines is 2. The van der Waals surface area contributed by atoms with Crippen LogP contribution >= 0.6 is 11.3 Å². The number of rotatable bonds is 2. The second-order valence-corrected chi connectivity index (χ2v) is 8.89. The first-order chi connectivity index (χ1) is 14.6. The number of H-pyrrole nitrogens is 2. The summed E-state index contributed by atoms with van der Waals surface area (Å²) in [6, 6.07) is 12.0. The van der Waals surface area contributed by atoms with Crippen LogP contribution in [-0.4, -0.2) is 19.9 Å². The number of benzene rings is 2. The Hall–Kier alpha value is -3.25. The maximum Gasteiger partial charge on any atom is 0.133 e. The zero-order valence-corrected chi connectivity index (χ0v) is 17.5. The van der Waals surface area contributed by atoms with Gasteiger partial charge in [0.2, 0.25) is 0 Å². The van der Waals surface area contributed by atoms with Crippen LogP contribution in [-0.2, 0) is 12.8 Å². The van der Waals surface area contributed by atoms with Crippen molar-refractivity contribution >= 4 is 21.4 Å². The van der Waals surface area contributed by atoms with Crippen LogP contribution in [0.5, 0.6) is 0 Å². The number of thiophene rings is 1. The largest absolute Gasteiger partial charge is 0.342 e. The van der Waals surface area contributed by atoms with E-state index in [4.69, 9.17) is 0 Å². The molecule has 0 spiro atoms. The SMILES string of the molecule is Cc1ncc(-c2ccc(-c3cc4ccc5c(c4s3)CCc3nc(C)[nH]c3-5)cc2F)[nH]1. The van der Waals surface area contributed by atoms with Crippen LogP contribution in [0.15, 0.2) is 42.6 Å². The summed E-state index contributed by atoms with van der Waals surface area (Å²) in [6.45, 7) is 3.86. The minimum Gasteiger partial charge on any atom is -0.342 e. The van der Waals surface area contributed by atoms with Gasteiger partial charge >= 0.3 is 0 Å². The molecule has 0 aliphatic heterocycles. The van der Waals surface area contributed by atoms with Crippen LogP contribution < -0.4 is 0 Å². The van der Waals surface area contributed by atoms with Gasteiger partial charge in [0.1, 0.15) is 17.5 Å². The van der Waals surface area contributed by atoms with Crippen molar-refractivity contribution < 1.29 is 4.39 Å². The number of fused-ring (bicyclic) bond motifs is 5.